The maximum Gasteiger partial charge on any atom is 0.0537 e. The molecule has 6 heteroatoms. The first kappa shape index (κ1) is 23.6. The van der Waals surface area contributed by atoms with E-state index in [0.29, 0.717) is 19.6 Å². The fourth-order valence-corrected chi connectivity index (χ4v) is 4.62. The summed E-state index contributed by atoms with van der Waals surface area (Å²) in [5.74, 6) is 0. The third-order valence-electron chi connectivity index (χ3n) is 6.10. The molecule has 3 aromatic carbocycles. The van der Waals surface area contributed by atoms with Gasteiger partial charge in [0.05, 0.1) is 20.0 Å². The lowest BCUT2D eigenvalue weighted by Crippen LogP contribution is -2.53. The zero-order valence-corrected chi connectivity index (χ0v) is 19.4. The van der Waals surface area contributed by atoms with Crippen LogP contribution in [-0.4, -0.2) is 34.7 Å². The van der Waals surface area contributed by atoms with Crippen LogP contribution >= 0.6 is 0 Å². The molecule has 4 rings (SSSR count). The zero-order valence-electron chi connectivity index (χ0n) is 19.4. The number of hydrogen-bond donors (Lipinski definition) is 3. The van der Waals surface area contributed by atoms with Crippen molar-refractivity contribution in [1.29, 1.82) is 0 Å². The Hall–Kier alpha value is -2.58. The summed E-state index contributed by atoms with van der Waals surface area (Å²) < 4.78 is 0. The van der Waals surface area contributed by atoms with Crippen molar-refractivity contribution in [2.45, 2.75) is 39.3 Å². The summed E-state index contributed by atoms with van der Waals surface area (Å²) in [6.45, 7) is 7.14. The predicted molar refractivity (Wildman–Crippen MR) is 134 cm³/mol. The van der Waals surface area contributed by atoms with Crippen LogP contribution in [0.1, 0.15) is 33.4 Å². The molecule has 174 valence electrons. The van der Waals surface area contributed by atoms with Crippen LogP contribution in [0.5, 0.6) is 0 Å². The highest BCUT2D eigenvalue weighted by Crippen LogP contribution is 2.19. The van der Waals surface area contributed by atoms with Crippen LogP contribution in [0.2, 0.25) is 0 Å². The molecular formula is C27H36N6. The van der Waals surface area contributed by atoms with Gasteiger partial charge >= 0.3 is 0 Å². The smallest absolute Gasteiger partial charge is 0.0537 e. The molecule has 6 N–H and O–H groups in total. The quantitative estimate of drug-likeness (QED) is 0.470. The average molecular weight is 445 g/mol. The maximum atomic E-state index is 5.87. The molecule has 6 nitrogen and oxygen atoms in total. The molecule has 0 atom stereocenters. The van der Waals surface area contributed by atoms with Gasteiger partial charge in [0.25, 0.3) is 0 Å². The molecule has 1 fully saturated rings. The molecule has 3 aromatic rings. The van der Waals surface area contributed by atoms with Crippen LogP contribution in [-0.2, 0) is 39.3 Å². The van der Waals surface area contributed by atoms with Crippen molar-refractivity contribution in [3.05, 3.63) is 106 Å². The number of hydrogen-bond acceptors (Lipinski definition) is 6. The van der Waals surface area contributed by atoms with Crippen molar-refractivity contribution in [1.82, 2.24) is 14.7 Å². The second-order valence-electron chi connectivity index (χ2n) is 8.98. The van der Waals surface area contributed by atoms with E-state index in [0.717, 1.165) is 39.6 Å². The molecule has 0 bridgehead atoms. The monoisotopic (exact) mass is 444 g/mol. The molecule has 1 saturated heterocycles. The molecule has 1 aliphatic heterocycles. The molecule has 0 unspecified atom stereocenters. The molecule has 0 radical (unpaired) electrons. The molecule has 1 heterocycles. The Bertz CT molecular complexity index is 898. The SMILES string of the molecule is NCc1cccc(CN2CN(Cc3cccc(CN)c3)CN(Cc3cccc(CN)c3)C2)c1. The van der Waals surface area contributed by atoms with Gasteiger partial charge in [0.1, 0.15) is 0 Å². The minimum Gasteiger partial charge on any atom is -0.326 e. The van der Waals surface area contributed by atoms with Gasteiger partial charge in [-0.3, -0.25) is 14.7 Å². The summed E-state index contributed by atoms with van der Waals surface area (Å²) in [5, 5.41) is 0. The van der Waals surface area contributed by atoms with E-state index in [-0.39, 0.29) is 0 Å². The van der Waals surface area contributed by atoms with Gasteiger partial charge in [0.15, 0.2) is 0 Å². The van der Waals surface area contributed by atoms with Gasteiger partial charge in [-0.2, -0.15) is 0 Å². The van der Waals surface area contributed by atoms with E-state index in [1.807, 2.05) is 0 Å². The summed E-state index contributed by atoms with van der Waals surface area (Å²) in [7, 11) is 0. The molecule has 33 heavy (non-hydrogen) atoms. The molecule has 0 spiro atoms. The third-order valence-corrected chi connectivity index (χ3v) is 6.10. The number of benzene rings is 3. The minimum absolute atomic E-state index is 0.570. The fourth-order valence-electron chi connectivity index (χ4n) is 4.62. The van der Waals surface area contributed by atoms with Crippen molar-refractivity contribution in [2.24, 2.45) is 17.2 Å². The first-order valence-electron chi connectivity index (χ1n) is 11.7. The predicted octanol–water partition coefficient (Wildman–Crippen LogP) is 2.76. The van der Waals surface area contributed by atoms with Gasteiger partial charge in [0.2, 0.25) is 0 Å². The first-order chi connectivity index (χ1) is 16.1. The lowest BCUT2D eigenvalue weighted by Gasteiger charge is -2.42. The maximum absolute atomic E-state index is 5.87. The lowest BCUT2D eigenvalue weighted by atomic mass is 10.1. The summed E-state index contributed by atoms with van der Waals surface area (Å²) in [6.07, 6.45) is 0. The second-order valence-corrected chi connectivity index (χ2v) is 8.98. The second kappa shape index (κ2) is 11.5. The standard InChI is InChI=1S/C27H36N6/c28-13-22-4-1-7-25(10-22)16-31-19-32(17-26-8-2-5-23(11-26)14-29)21-33(20-31)18-27-9-3-6-24(12-27)15-30/h1-12H,13-21,28-30H2. The molecule has 0 saturated carbocycles. The summed E-state index contributed by atoms with van der Waals surface area (Å²) in [6, 6.07) is 25.8. The van der Waals surface area contributed by atoms with E-state index in [2.05, 4.69) is 87.5 Å². The van der Waals surface area contributed by atoms with Crippen LogP contribution in [0.3, 0.4) is 0 Å². The highest BCUT2D eigenvalue weighted by atomic mass is 15.5. The van der Waals surface area contributed by atoms with E-state index in [4.69, 9.17) is 17.2 Å². The van der Waals surface area contributed by atoms with E-state index < -0.39 is 0 Å². The van der Waals surface area contributed by atoms with E-state index in [1.165, 1.54) is 33.4 Å². The van der Waals surface area contributed by atoms with Gasteiger partial charge in [-0.05, 0) is 33.4 Å². The average Bonchev–Trinajstić information content (AvgIpc) is 2.84. The third kappa shape index (κ3) is 6.71. The van der Waals surface area contributed by atoms with E-state index >= 15 is 0 Å². The highest BCUT2D eigenvalue weighted by molar-refractivity contribution is 5.25. The normalized spacial score (nSPS) is 15.7. The van der Waals surface area contributed by atoms with Crippen LogP contribution in [0.25, 0.3) is 0 Å². The lowest BCUT2D eigenvalue weighted by molar-refractivity contribution is -0.0422. The van der Waals surface area contributed by atoms with Crippen molar-refractivity contribution in [2.75, 3.05) is 20.0 Å². The Labute approximate surface area is 197 Å². The highest BCUT2D eigenvalue weighted by Gasteiger charge is 2.24. The Morgan fingerprint density at radius 2 is 0.727 bits per heavy atom. The van der Waals surface area contributed by atoms with Gasteiger partial charge in [-0.1, -0.05) is 72.8 Å². The first-order valence-corrected chi connectivity index (χ1v) is 11.7. The molecule has 1 aliphatic rings. The molecule has 0 amide bonds. The summed E-state index contributed by atoms with van der Waals surface area (Å²) in [4.78, 5) is 7.50. The topological polar surface area (TPSA) is 87.8 Å². The molecule has 0 aromatic heterocycles. The van der Waals surface area contributed by atoms with E-state index in [1.54, 1.807) is 0 Å². The summed E-state index contributed by atoms with van der Waals surface area (Å²) in [5.41, 5.74) is 25.0. The van der Waals surface area contributed by atoms with Crippen LogP contribution in [0.4, 0.5) is 0 Å². The van der Waals surface area contributed by atoms with Crippen LogP contribution in [0, 0.1) is 0 Å². The Balaban J connectivity index is 1.51. The van der Waals surface area contributed by atoms with Crippen molar-refractivity contribution >= 4 is 0 Å². The van der Waals surface area contributed by atoms with Crippen molar-refractivity contribution in [3.63, 3.8) is 0 Å². The summed E-state index contributed by atoms with van der Waals surface area (Å²) >= 11 is 0. The minimum atomic E-state index is 0.570. The Morgan fingerprint density at radius 1 is 0.455 bits per heavy atom. The molecular weight excluding hydrogens is 408 g/mol. The van der Waals surface area contributed by atoms with Gasteiger partial charge < -0.3 is 17.2 Å². The Morgan fingerprint density at radius 3 is 1.00 bits per heavy atom. The fraction of sp³-hybridized carbons (Fsp3) is 0.333. The van der Waals surface area contributed by atoms with Crippen molar-refractivity contribution < 1.29 is 0 Å². The van der Waals surface area contributed by atoms with Crippen molar-refractivity contribution in [3.8, 4) is 0 Å². The van der Waals surface area contributed by atoms with Gasteiger partial charge in [-0.25, -0.2) is 0 Å². The van der Waals surface area contributed by atoms with Crippen LogP contribution < -0.4 is 17.2 Å². The van der Waals surface area contributed by atoms with Crippen LogP contribution in [0.15, 0.2) is 72.8 Å². The number of nitrogens with two attached hydrogens (primary N) is 3. The molecule has 0 aliphatic carbocycles. The largest absolute Gasteiger partial charge is 0.326 e. The van der Waals surface area contributed by atoms with E-state index in [9.17, 15) is 0 Å². The number of nitrogens with zero attached hydrogens (tertiary/aromatic N) is 3. The van der Waals surface area contributed by atoms with Gasteiger partial charge in [0, 0.05) is 39.3 Å². The number of rotatable bonds is 9. The van der Waals surface area contributed by atoms with Gasteiger partial charge in [-0.15, -0.1) is 0 Å². The zero-order chi connectivity index (χ0) is 23.0. The Kier molecular flexibility index (Phi) is 8.23.